The number of aryl methyl sites for hydroxylation is 2. The maximum atomic E-state index is 5.19. The molecule has 1 aromatic rings. The molecule has 1 heterocycles. The van der Waals surface area contributed by atoms with Crippen LogP contribution in [0.25, 0.3) is 0 Å². The lowest BCUT2D eigenvalue weighted by Crippen LogP contribution is -1.99. The first-order valence-corrected chi connectivity index (χ1v) is 5.64. The van der Waals surface area contributed by atoms with Crippen molar-refractivity contribution in [3.05, 3.63) is 17.5 Å². The molecule has 0 aliphatic rings. The molecule has 0 bridgehead atoms. The molecule has 88 valence electrons. The van der Waals surface area contributed by atoms with Gasteiger partial charge in [-0.25, -0.2) is 0 Å². The van der Waals surface area contributed by atoms with E-state index >= 15 is 0 Å². The molecule has 0 atom stereocenters. The van der Waals surface area contributed by atoms with Crippen LogP contribution in [0.15, 0.2) is 11.2 Å². The van der Waals surface area contributed by atoms with Gasteiger partial charge in [-0.1, -0.05) is 18.5 Å². The largest absolute Gasteiger partial charge is 0.346 e. The Bertz CT molecular complexity index is 354. The van der Waals surface area contributed by atoms with E-state index in [-0.39, 0.29) is 0 Å². The summed E-state index contributed by atoms with van der Waals surface area (Å²) in [5.74, 6) is 0. The molecule has 0 fully saturated rings. The minimum Gasteiger partial charge on any atom is -0.315 e. The lowest BCUT2D eigenvalue weighted by molar-refractivity contribution is 0.309. The fourth-order valence-electron chi connectivity index (χ4n) is 1.33. The highest BCUT2D eigenvalue weighted by molar-refractivity contribution is 5.81. The molecule has 0 saturated heterocycles. The summed E-state index contributed by atoms with van der Waals surface area (Å²) < 4.78 is 0. The summed E-state index contributed by atoms with van der Waals surface area (Å²) in [5.41, 5.74) is 2.76. The van der Waals surface area contributed by atoms with Crippen LogP contribution in [0, 0.1) is 13.8 Å². The highest BCUT2D eigenvalue weighted by Crippen LogP contribution is 2.07. The second kappa shape index (κ2) is 6.20. The molecule has 0 unspecified atom stereocenters. The Kier molecular flexibility index (Phi) is 4.89. The zero-order valence-corrected chi connectivity index (χ0v) is 10.4. The highest BCUT2D eigenvalue weighted by Gasteiger charge is 2.00. The van der Waals surface area contributed by atoms with E-state index in [1.54, 1.807) is 0 Å². The zero-order chi connectivity index (χ0) is 12.0. The van der Waals surface area contributed by atoms with Crippen molar-refractivity contribution in [2.75, 3.05) is 0 Å². The first-order valence-electron chi connectivity index (χ1n) is 5.64. The quantitative estimate of drug-likeness (QED) is 0.567. The molecule has 0 N–H and O–H groups in total. The lowest BCUT2D eigenvalue weighted by Gasteiger charge is -2.01. The average molecular weight is 221 g/mol. The van der Waals surface area contributed by atoms with Crippen molar-refractivity contribution >= 4 is 5.71 Å². The third kappa shape index (κ3) is 4.38. The topological polar surface area (TPSA) is 47.4 Å². The van der Waals surface area contributed by atoms with Gasteiger partial charge in [0.25, 0.3) is 0 Å². The Morgan fingerprint density at radius 3 is 2.50 bits per heavy atom. The SMILES string of the molecule is CCCCC(C)=NOc1nc(C)cc(C)n1. The summed E-state index contributed by atoms with van der Waals surface area (Å²) in [7, 11) is 0. The van der Waals surface area contributed by atoms with E-state index in [0.717, 1.165) is 36.4 Å². The first-order chi connectivity index (χ1) is 7.61. The molecular formula is C12H19N3O. The van der Waals surface area contributed by atoms with Gasteiger partial charge in [0.2, 0.25) is 0 Å². The summed E-state index contributed by atoms with van der Waals surface area (Å²) in [4.78, 5) is 13.5. The fraction of sp³-hybridized carbons (Fsp3) is 0.583. The Morgan fingerprint density at radius 2 is 1.94 bits per heavy atom. The monoisotopic (exact) mass is 221 g/mol. The maximum absolute atomic E-state index is 5.19. The van der Waals surface area contributed by atoms with Gasteiger partial charge in [-0.3, -0.25) is 0 Å². The number of oxime groups is 1. The van der Waals surface area contributed by atoms with Crippen molar-refractivity contribution in [3.63, 3.8) is 0 Å². The molecule has 0 amide bonds. The number of unbranched alkanes of at least 4 members (excludes halogenated alkanes) is 1. The molecule has 1 rings (SSSR count). The van der Waals surface area contributed by atoms with E-state index in [1.165, 1.54) is 0 Å². The number of hydrogen-bond donors (Lipinski definition) is 0. The van der Waals surface area contributed by atoms with Crippen LogP contribution in [-0.4, -0.2) is 15.7 Å². The van der Waals surface area contributed by atoms with Gasteiger partial charge in [0, 0.05) is 11.4 Å². The third-order valence-electron chi connectivity index (χ3n) is 2.14. The van der Waals surface area contributed by atoms with E-state index in [1.807, 2.05) is 26.8 Å². The fourth-order valence-corrected chi connectivity index (χ4v) is 1.33. The van der Waals surface area contributed by atoms with Crippen molar-refractivity contribution in [3.8, 4) is 6.01 Å². The van der Waals surface area contributed by atoms with Crippen LogP contribution in [0.3, 0.4) is 0 Å². The Balaban J connectivity index is 2.59. The van der Waals surface area contributed by atoms with Crippen LogP contribution < -0.4 is 4.84 Å². The Morgan fingerprint density at radius 1 is 1.31 bits per heavy atom. The van der Waals surface area contributed by atoms with Gasteiger partial charge in [0.05, 0.1) is 5.71 Å². The summed E-state index contributed by atoms with van der Waals surface area (Å²) in [6, 6.07) is 2.23. The number of hydrogen-bond acceptors (Lipinski definition) is 4. The zero-order valence-electron chi connectivity index (χ0n) is 10.4. The van der Waals surface area contributed by atoms with Crippen molar-refractivity contribution in [1.29, 1.82) is 0 Å². The minimum atomic E-state index is 0.327. The van der Waals surface area contributed by atoms with E-state index in [9.17, 15) is 0 Å². The van der Waals surface area contributed by atoms with Gasteiger partial charge in [-0.2, -0.15) is 9.97 Å². The van der Waals surface area contributed by atoms with E-state index in [0.29, 0.717) is 6.01 Å². The van der Waals surface area contributed by atoms with Crippen LogP contribution in [0.5, 0.6) is 6.01 Å². The normalized spacial score (nSPS) is 11.6. The number of aromatic nitrogens is 2. The average Bonchev–Trinajstić information content (AvgIpc) is 2.22. The predicted molar refractivity (Wildman–Crippen MR) is 64.8 cm³/mol. The molecule has 1 aromatic heterocycles. The molecule has 0 aromatic carbocycles. The smallest absolute Gasteiger partial charge is 0.315 e. The molecule has 0 saturated carbocycles. The molecular weight excluding hydrogens is 202 g/mol. The van der Waals surface area contributed by atoms with Crippen LogP contribution >= 0.6 is 0 Å². The summed E-state index contributed by atoms with van der Waals surface area (Å²) >= 11 is 0. The van der Waals surface area contributed by atoms with Gasteiger partial charge in [-0.05, 0) is 39.7 Å². The van der Waals surface area contributed by atoms with Crippen LogP contribution in [0.2, 0.25) is 0 Å². The Hall–Kier alpha value is -1.45. The van der Waals surface area contributed by atoms with Gasteiger partial charge in [0.15, 0.2) is 0 Å². The molecule has 0 aliphatic carbocycles. The van der Waals surface area contributed by atoms with E-state index in [4.69, 9.17) is 4.84 Å². The highest BCUT2D eigenvalue weighted by atomic mass is 16.6. The standard InChI is InChI=1S/C12H19N3O/c1-5-6-7-9(2)15-16-12-13-10(3)8-11(4)14-12/h8H,5-7H2,1-4H3. The Labute approximate surface area is 96.8 Å². The number of nitrogens with zero attached hydrogens (tertiary/aromatic N) is 3. The van der Waals surface area contributed by atoms with Crippen molar-refractivity contribution in [2.24, 2.45) is 5.16 Å². The molecule has 0 aliphatic heterocycles. The lowest BCUT2D eigenvalue weighted by atomic mass is 10.2. The molecule has 16 heavy (non-hydrogen) atoms. The van der Waals surface area contributed by atoms with Crippen LogP contribution in [0.4, 0.5) is 0 Å². The molecule has 4 heteroatoms. The van der Waals surface area contributed by atoms with Gasteiger partial charge >= 0.3 is 6.01 Å². The minimum absolute atomic E-state index is 0.327. The number of rotatable bonds is 5. The summed E-state index contributed by atoms with van der Waals surface area (Å²) in [6.45, 7) is 7.93. The second-order valence-electron chi connectivity index (χ2n) is 3.95. The van der Waals surface area contributed by atoms with Gasteiger partial charge < -0.3 is 4.84 Å². The summed E-state index contributed by atoms with van der Waals surface area (Å²) in [6.07, 6.45) is 3.25. The van der Waals surface area contributed by atoms with Crippen molar-refractivity contribution in [2.45, 2.75) is 47.0 Å². The van der Waals surface area contributed by atoms with Crippen LogP contribution in [0.1, 0.15) is 44.5 Å². The third-order valence-corrected chi connectivity index (χ3v) is 2.14. The van der Waals surface area contributed by atoms with Gasteiger partial charge in [-0.15, -0.1) is 0 Å². The molecule has 0 radical (unpaired) electrons. The van der Waals surface area contributed by atoms with Crippen LogP contribution in [-0.2, 0) is 0 Å². The second-order valence-corrected chi connectivity index (χ2v) is 3.95. The summed E-state index contributed by atoms with van der Waals surface area (Å²) in [5, 5.41) is 4.01. The van der Waals surface area contributed by atoms with Crippen molar-refractivity contribution in [1.82, 2.24) is 9.97 Å². The van der Waals surface area contributed by atoms with Crippen molar-refractivity contribution < 1.29 is 4.84 Å². The van der Waals surface area contributed by atoms with Gasteiger partial charge in [0.1, 0.15) is 0 Å². The first kappa shape index (κ1) is 12.6. The predicted octanol–water partition coefficient (Wildman–Crippen LogP) is 3.04. The van der Waals surface area contributed by atoms with E-state index < -0.39 is 0 Å². The maximum Gasteiger partial charge on any atom is 0.346 e. The molecule has 4 nitrogen and oxygen atoms in total. The molecule has 0 spiro atoms. The van der Waals surface area contributed by atoms with E-state index in [2.05, 4.69) is 22.0 Å².